The van der Waals surface area contributed by atoms with Gasteiger partial charge in [0.05, 0.1) is 5.56 Å². The number of hydrogen-bond donors (Lipinski definition) is 1. The monoisotopic (exact) mass is 326 g/mol. The molecule has 0 spiro atoms. The fourth-order valence-corrected chi connectivity index (χ4v) is 3.70. The molecule has 0 bridgehead atoms. The standard InChI is InChI=1S/C16H23ClN2OS/c1-3-21-15-5-4-13(17)10-14(15)16(20)19-8-6-12(7-9-19)11(2)18/h4-5,10-12H,3,6-9,18H2,1-2H3. The second kappa shape index (κ2) is 7.52. The molecular weight excluding hydrogens is 304 g/mol. The Kier molecular flexibility index (Phi) is 5.97. The van der Waals surface area contributed by atoms with Gasteiger partial charge in [-0.15, -0.1) is 11.8 Å². The summed E-state index contributed by atoms with van der Waals surface area (Å²) in [4.78, 5) is 15.7. The van der Waals surface area contributed by atoms with Gasteiger partial charge in [0.1, 0.15) is 0 Å². The summed E-state index contributed by atoms with van der Waals surface area (Å²) in [5.41, 5.74) is 6.69. The predicted octanol–water partition coefficient (Wildman–Crippen LogP) is 3.65. The fraction of sp³-hybridized carbons (Fsp3) is 0.562. The SMILES string of the molecule is CCSc1ccc(Cl)cc1C(=O)N1CCC(C(C)N)CC1. The van der Waals surface area contributed by atoms with Crippen molar-refractivity contribution in [2.45, 2.75) is 37.6 Å². The van der Waals surface area contributed by atoms with Gasteiger partial charge >= 0.3 is 0 Å². The Morgan fingerprint density at radius 3 is 2.71 bits per heavy atom. The highest BCUT2D eigenvalue weighted by atomic mass is 35.5. The zero-order chi connectivity index (χ0) is 15.4. The lowest BCUT2D eigenvalue weighted by Crippen LogP contribution is -2.42. The predicted molar refractivity (Wildman–Crippen MR) is 90.1 cm³/mol. The van der Waals surface area contributed by atoms with Crippen LogP contribution in [0.15, 0.2) is 23.1 Å². The molecule has 1 atom stereocenters. The van der Waals surface area contributed by atoms with E-state index in [4.69, 9.17) is 17.3 Å². The molecule has 116 valence electrons. The van der Waals surface area contributed by atoms with Gasteiger partial charge in [0, 0.05) is 29.0 Å². The number of thioether (sulfide) groups is 1. The first-order valence-electron chi connectivity index (χ1n) is 7.50. The number of halogens is 1. The van der Waals surface area contributed by atoms with Gasteiger partial charge in [0.15, 0.2) is 0 Å². The van der Waals surface area contributed by atoms with E-state index in [0.717, 1.165) is 42.1 Å². The maximum Gasteiger partial charge on any atom is 0.255 e. The van der Waals surface area contributed by atoms with Crippen molar-refractivity contribution in [2.75, 3.05) is 18.8 Å². The Morgan fingerprint density at radius 1 is 1.48 bits per heavy atom. The van der Waals surface area contributed by atoms with Crippen LogP contribution in [-0.2, 0) is 0 Å². The molecule has 0 aliphatic carbocycles. The summed E-state index contributed by atoms with van der Waals surface area (Å²) in [5, 5.41) is 0.615. The first kappa shape index (κ1) is 16.7. The number of nitrogens with two attached hydrogens (primary N) is 1. The molecule has 1 aromatic rings. The molecule has 2 rings (SSSR count). The van der Waals surface area contributed by atoms with Crippen molar-refractivity contribution in [3.8, 4) is 0 Å². The topological polar surface area (TPSA) is 46.3 Å². The lowest BCUT2D eigenvalue weighted by Gasteiger charge is -2.34. The van der Waals surface area contributed by atoms with Crippen LogP contribution in [0.3, 0.4) is 0 Å². The second-order valence-electron chi connectivity index (χ2n) is 5.56. The van der Waals surface area contributed by atoms with E-state index in [-0.39, 0.29) is 11.9 Å². The summed E-state index contributed by atoms with van der Waals surface area (Å²) < 4.78 is 0. The summed E-state index contributed by atoms with van der Waals surface area (Å²) in [7, 11) is 0. The third-order valence-electron chi connectivity index (χ3n) is 4.04. The fourth-order valence-electron chi connectivity index (χ4n) is 2.75. The lowest BCUT2D eigenvalue weighted by atomic mass is 9.90. The number of nitrogens with zero attached hydrogens (tertiary/aromatic N) is 1. The second-order valence-corrected chi connectivity index (χ2v) is 7.30. The van der Waals surface area contributed by atoms with Gasteiger partial charge in [0.25, 0.3) is 5.91 Å². The van der Waals surface area contributed by atoms with E-state index in [1.807, 2.05) is 17.0 Å². The summed E-state index contributed by atoms with van der Waals surface area (Å²) in [6.45, 7) is 5.71. The summed E-state index contributed by atoms with van der Waals surface area (Å²) in [6, 6.07) is 5.79. The van der Waals surface area contributed by atoms with Crippen LogP contribution in [-0.4, -0.2) is 35.7 Å². The minimum Gasteiger partial charge on any atom is -0.339 e. The molecule has 5 heteroatoms. The third kappa shape index (κ3) is 4.15. The summed E-state index contributed by atoms with van der Waals surface area (Å²) >= 11 is 7.75. The number of benzene rings is 1. The molecule has 1 aliphatic heterocycles. The average Bonchev–Trinajstić information content (AvgIpc) is 2.48. The number of carbonyl (C=O) groups excluding carboxylic acids is 1. The van der Waals surface area contributed by atoms with Crippen molar-refractivity contribution >= 4 is 29.3 Å². The quantitative estimate of drug-likeness (QED) is 0.859. The number of likely N-dealkylation sites (tertiary alicyclic amines) is 1. The molecule has 1 aliphatic rings. The molecule has 0 aromatic heterocycles. The van der Waals surface area contributed by atoms with Crippen molar-refractivity contribution < 1.29 is 4.79 Å². The minimum absolute atomic E-state index is 0.0941. The molecule has 3 nitrogen and oxygen atoms in total. The number of carbonyl (C=O) groups is 1. The molecule has 1 heterocycles. The largest absolute Gasteiger partial charge is 0.339 e. The number of hydrogen-bond acceptors (Lipinski definition) is 3. The third-order valence-corrected chi connectivity index (χ3v) is 5.23. The summed E-state index contributed by atoms with van der Waals surface area (Å²) in [6.07, 6.45) is 1.97. The Hall–Kier alpha value is -0.710. The molecule has 0 saturated carbocycles. The molecule has 1 aromatic carbocycles. The molecule has 1 fully saturated rings. The van der Waals surface area contributed by atoms with Crippen LogP contribution in [0.2, 0.25) is 5.02 Å². The Morgan fingerprint density at radius 2 is 2.14 bits per heavy atom. The van der Waals surface area contributed by atoms with E-state index in [0.29, 0.717) is 10.9 Å². The molecule has 1 amide bonds. The molecule has 1 unspecified atom stereocenters. The number of piperidine rings is 1. The van der Waals surface area contributed by atoms with Crippen LogP contribution in [0.1, 0.15) is 37.0 Å². The molecule has 21 heavy (non-hydrogen) atoms. The van der Waals surface area contributed by atoms with Crippen LogP contribution in [0, 0.1) is 5.92 Å². The van der Waals surface area contributed by atoms with Crippen LogP contribution in [0.4, 0.5) is 0 Å². The van der Waals surface area contributed by atoms with Gasteiger partial charge in [-0.1, -0.05) is 18.5 Å². The first-order valence-corrected chi connectivity index (χ1v) is 8.86. The highest BCUT2D eigenvalue weighted by Gasteiger charge is 2.26. The highest BCUT2D eigenvalue weighted by molar-refractivity contribution is 7.99. The van der Waals surface area contributed by atoms with E-state index in [1.54, 1.807) is 17.8 Å². The molecule has 2 N–H and O–H groups in total. The van der Waals surface area contributed by atoms with Crippen LogP contribution >= 0.6 is 23.4 Å². The maximum atomic E-state index is 12.7. The van der Waals surface area contributed by atoms with Crippen molar-refractivity contribution in [1.82, 2.24) is 4.90 Å². The highest BCUT2D eigenvalue weighted by Crippen LogP contribution is 2.28. The van der Waals surface area contributed by atoms with Gasteiger partial charge in [0.2, 0.25) is 0 Å². The average molecular weight is 327 g/mol. The Labute approximate surface area is 136 Å². The van der Waals surface area contributed by atoms with Crippen LogP contribution < -0.4 is 5.73 Å². The van der Waals surface area contributed by atoms with Crippen molar-refractivity contribution in [3.63, 3.8) is 0 Å². The van der Waals surface area contributed by atoms with Gasteiger partial charge in [-0.3, -0.25) is 4.79 Å². The van der Waals surface area contributed by atoms with Crippen molar-refractivity contribution in [2.24, 2.45) is 11.7 Å². The Balaban J connectivity index is 2.12. The van der Waals surface area contributed by atoms with E-state index in [2.05, 4.69) is 13.8 Å². The van der Waals surface area contributed by atoms with Gasteiger partial charge in [-0.25, -0.2) is 0 Å². The zero-order valence-electron chi connectivity index (χ0n) is 12.6. The minimum atomic E-state index is 0.0941. The van der Waals surface area contributed by atoms with E-state index in [9.17, 15) is 4.79 Å². The van der Waals surface area contributed by atoms with Crippen LogP contribution in [0.25, 0.3) is 0 Å². The van der Waals surface area contributed by atoms with E-state index in [1.165, 1.54) is 0 Å². The number of amides is 1. The van der Waals surface area contributed by atoms with E-state index >= 15 is 0 Å². The Bertz CT molecular complexity index is 499. The zero-order valence-corrected chi connectivity index (χ0v) is 14.2. The molecular formula is C16H23ClN2OS. The summed E-state index contributed by atoms with van der Waals surface area (Å²) in [5.74, 6) is 1.56. The van der Waals surface area contributed by atoms with Crippen molar-refractivity contribution in [3.05, 3.63) is 28.8 Å². The van der Waals surface area contributed by atoms with E-state index < -0.39 is 0 Å². The first-order chi connectivity index (χ1) is 10.0. The van der Waals surface area contributed by atoms with Crippen LogP contribution in [0.5, 0.6) is 0 Å². The maximum absolute atomic E-state index is 12.7. The molecule has 1 saturated heterocycles. The smallest absolute Gasteiger partial charge is 0.255 e. The normalized spacial score (nSPS) is 17.8. The van der Waals surface area contributed by atoms with Gasteiger partial charge < -0.3 is 10.6 Å². The van der Waals surface area contributed by atoms with Crippen molar-refractivity contribution in [1.29, 1.82) is 0 Å². The van der Waals surface area contributed by atoms with Gasteiger partial charge in [-0.05, 0) is 49.6 Å². The number of rotatable bonds is 4. The van der Waals surface area contributed by atoms with Gasteiger partial charge in [-0.2, -0.15) is 0 Å². The lowest BCUT2D eigenvalue weighted by molar-refractivity contribution is 0.0677. The molecule has 0 radical (unpaired) electrons.